The summed E-state index contributed by atoms with van der Waals surface area (Å²) in [7, 11) is 0. The molecule has 1 N–H and O–H groups in total. The predicted octanol–water partition coefficient (Wildman–Crippen LogP) is 2.94. The minimum Gasteiger partial charge on any atom is -0.295 e. The number of unbranched alkanes of at least 4 members (excludes halogenated alkanes) is 3. The van der Waals surface area contributed by atoms with Crippen molar-refractivity contribution in [3.8, 4) is 0 Å². The van der Waals surface area contributed by atoms with Crippen LogP contribution in [0.15, 0.2) is 15.8 Å². The summed E-state index contributed by atoms with van der Waals surface area (Å²) in [5.74, 6) is 0. The van der Waals surface area contributed by atoms with Crippen LogP contribution < -0.4 is 11.2 Å². The van der Waals surface area contributed by atoms with Gasteiger partial charge in [-0.25, -0.2) is 4.79 Å². The monoisotopic (exact) mass is 266 g/mol. The van der Waals surface area contributed by atoms with Crippen LogP contribution in [0.3, 0.4) is 0 Å². The summed E-state index contributed by atoms with van der Waals surface area (Å²) >= 11 is 0. The molecule has 108 valence electrons. The third kappa shape index (κ3) is 3.82. The van der Waals surface area contributed by atoms with Gasteiger partial charge in [0, 0.05) is 17.3 Å². The number of nitrogens with zero attached hydrogens (tertiary/aromatic N) is 1. The van der Waals surface area contributed by atoms with Gasteiger partial charge in [0.2, 0.25) is 0 Å². The number of nitrogens with one attached hydrogen (secondary N) is 1. The lowest BCUT2D eigenvalue weighted by Gasteiger charge is -2.31. The molecule has 1 atom stereocenters. The van der Waals surface area contributed by atoms with Gasteiger partial charge in [0.25, 0.3) is 5.56 Å². The molecule has 1 heterocycles. The standard InChI is InChI=1S/C15H26N2O2/c1-5-7-8-9-10-15(4,6-2)17-11-12(3)13(18)16-14(17)19/h11H,5-10H2,1-4H3,(H,16,18,19). The van der Waals surface area contributed by atoms with Crippen LogP contribution in [0.25, 0.3) is 0 Å². The molecular formula is C15H26N2O2. The van der Waals surface area contributed by atoms with Crippen molar-refractivity contribution >= 4 is 0 Å². The molecule has 0 spiro atoms. The van der Waals surface area contributed by atoms with E-state index in [1.54, 1.807) is 17.7 Å². The SMILES string of the molecule is CCCCCCC(C)(CC)n1cc(C)c(=O)[nH]c1=O. The van der Waals surface area contributed by atoms with Gasteiger partial charge in [0.1, 0.15) is 0 Å². The second-order valence-corrected chi connectivity index (χ2v) is 5.60. The maximum absolute atomic E-state index is 12.0. The molecule has 4 nitrogen and oxygen atoms in total. The Balaban J connectivity index is 2.98. The van der Waals surface area contributed by atoms with Gasteiger partial charge in [-0.15, -0.1) is 0 Å². The van der Waals surface area contributed by atoms with Gasteiger partial charge in [-0.05, 0) is 26.7 Å². The first-order chi connectivity index (χ1) is 8.94. The van der Waals surface area contributed by atoms with Gasteiger partial charge in [0.05, 0.1) is 0 Å². The minimum atomic E-state index is -0.296. The number of aromatic amines is 1. The highest BCUT2D eigenvalue weighted by Crippen LogP contribution is 2.25. The molecule has 19 heavy (non-hydrogen) atoms. The Morgan fingerprint density at radius 3 is 2.47 bits per heavy atom. The Morgan fingerprint density at radius 1 is 1.21 bits per heavy atom. The van der Waals surface area contributed by atoms with Gasteiger partial charge in [-0.3, -0.25) is 14.3 Å². The Kier molecular flexibility index (Phi) is 5.58. The number of H-pyrrole nitrogens is 1. The zero-order chi connectivity index (χ0) is 14.5. The molecule has 0 saturated carbocycles. The van der Waals surface area contributed by atoms with Gasteiger partial charge in [-0.1, -0.05) is 39.5 Å². The van der Waals surface area contributed by atoms with Crippen molar-refractivity contribution in [2.75, 3.05) is 0 Å². The molecule has 4 heteroatoms. The summed E-state index contributed by atoms with van der Waals surface area (Å²) < 4.78 is 1.70. The topological polar surface area (TPSA) is 54.9 Å². The predicted molar refractivity (Wildman–Crippen MR) is 78.8 cm³/mol. The average molecular weight is 266 g/mol. The molecule has 1 rings (SSSR count). The molecule has 0 aliphatic heterocycles. The molecule has 1 aromatic heterocycles. The maximum atomic E-state index is 12.0. The second kappa shape index (κ2) is 6.73. The third-order valence-corrected chi connectivity index (χ3v) is 4.03. The molecule has 0 fully saturated rings. The van der Waals surface area contributed by atoms with Crippen LogP contribution in [0.2, 0.25) is 0 Å². The summed E-state index contributed by atoms with van der Waals surface area (Å²) in [6, 6.07) is 0. The van der Waals surface area contributed by atoms with Gasteiger partial charge < -0.3 is 0 Å². The van der Waals surface area contributed by atoms with Crippen molar-refractivity contribution in [1.29, 1.82) is 0 Å². The Bertz CT molecular complexity index is 516. The molecule has 0 aromatic carbocycles. The van der Waals surface area contributed by atoms with E-state index in [-0.39, 0.29) is 16.8 Å². The van der Waals surface area contributed by atoms with E-state index in [2.05, 4.69) is 25.8 Å². The number of aromatic nitrogens is 2. The fourth-order valence-electron chi connectivity index (χ4n) is 2.37. The Morgan fingerprint density at radius 2 is 1.89 bits per heavy atom. The van der Waals surface area contributed by atoms with Crippen LogP contribution in [-0.4, -0.2) is 9.55 Å². The third-order valence-electron chi connectivity index (χ3n) is 4.03. The van der Waals surface area contributed by atoms with E-state index in [0.717, 1.165) is 19.3 Å². The zero-order valence-electron chi connectivity index (χ0n) is 12.6. The highest BCUT2D eigenvalue weighted by molar-refractivity contribution is 5.03. The lowest BCUT2D eigenvalue weighted by molar-refractivity contribution is 0.258. The Labute approximate surface area is 114 Å². The van der Waals surface area contributed by atoms with Crippen LogP contribution in [0.4, 0.5) is 0 Å². The van der Waals surface area contributed by atoms with E-state index in [9.17, 15) is 9.59 Å². The zero-order valence-corrected chi connectivity index (χ0v) is 12.6. The number of hydrogen-bond donors (Lipinski definition) is 1. The molecule has 0 aliphatic carbocycles. The smallest absolute Gasteiger partial charge is 0.295 e. The first-order valence-electron chi connectivity index (χ1n) is 7.27. The first-order valence-corrected chi connectivity index (χ1v) is 7.27. The summed E-state index contributed by atoms with van der Waals surface area (Å²) in [5, 5.41) is 0. The molecule has 1 aromatic rings. The van der Waals surface area contributed by atoms with Crippen LogP contribution in [-0.2, 0) is 5.54 Å². The summed E-state index contributed by atoms with van der Waals surface area (Å²) in [5.41, 5.74) is -0.200. The van der Waals surface area contributed by atoms with Crippen molar-refractivity contribution < 1.29 is 0 Å². The minimum absolute atomic E-state index is 0.209. The van der Waals surface area contributed by atoms with E-state index in [4.69, 9.17) is 0 Å². The van der Waals surface area contributed by atoms with Gasteiger partial charge in [-0.2, -0.15) is 0 Å². The average Bonchev–Trinajstić information content (AvgIpc) is 2.38. The summed E-state index contributed by atoms with van der Waals surface area (Å²) in [4.78, 5) is 25.8. The highest BCUT2D eigenvalue weighted by Gasteiger charge is 2.25. The molecule has 0 bridgehead atoms. The van der Waals surface area contributed by atoms with Crippen LogP contribution in [0.5, 0.6) is 0 Å². The molecular weight excluding hydrogens is 240 g/mol. The van der Waals surface area contributed by atoms with Crippen LogP contribution in [0.1, 0.15) is 64.9 Å². The van der Waals surface area contributed by atoms with Crippen molar-refractivity contribution in [1.82, 2.24) is 9.55 Å². The second-order valence-electron chi connectivity index (χ2n) is 5.60. The summed E-state index contributed by atoms with van der Waals surface area (Å²) in [6.45, 7) is 8.11. The molecule has 0 saturated heterocycles. The lowest BCUT2D eigenvalue weighted by atomic mass is 9.91. The maximum Gasteiger partial charge on any atom is 0.328 e. The van der Waals surface area contributed by atoms with Gasteiger partial charge >= 0.3 is 5.69 Å². The van der Waals surface area contributed by atoms with E-state index >= 15 is 0 Å². The van der Waals surface area contributed by atoms with Crippen molar-refractivity contribution in [3.63, 3.8) is 0 Å². The fraction of sp³-hybridized carbons (Fsp3) is 0.733. The molecule has 0 amide bonds. The van der Waals surface area contributed by atoms with Crippen molar-refractivity contribution in [3.05, 3.63) is 32.6 Å². The van der Waals surface area contributed by atoms with Crippen LogP contribution in [0, 0.1) is 6.92 Å². The van der Waals surface area contributed by atoms with Gasteiger partial charge in [0.15, 0.2) is 0 Å². The van der Waals surface area contributed by atoms with E-state index in [1.807, 2.05) is 0 Å². The van der Waals surface area contributed by atoms with Crippen molar-refractivity contribution in [2.45, 2.75) is 71.8 Å². The molecule has 0 radical (unpaired) electrons. The number of rotatable bonds is 7. The van der Waals surface area contributed by atoms with Crippen molar-refractivity contribution in [2.24, 2.45) is 0 Å². The van der Waals surface area contributed by atoms with E-state index in [0.29, 0.717) is 5.56 Å². The molecule has 1 unspecified atom stereocenters. The van der Waals surface area contributed by atoms with E-state index < -0.39 is 0 Å². The Hall–Kier alpha value is -1.32. The van der Waals surface area contributed by atoms with Crippen LogP contribution >= 0.6 is 0 Å². The number of aryl methyl sites for hydroxylation is 1. The molecule has 0 aliphatic rings. The fourth-order valence-corrected chi connectivity index (χ4v) is 2.37. The first kappa shape index (κ1) is 15.7. The lowest BCUT2D eigenvalue weighted by Crippen LogP contribution is -2.42. The highest BCUT2D eigenvalue weighted by atomic mass is 16.2. The quantitative estimate of drug-likeness (QED) is 0.771. The largest absolute Gasteiger partial charge is 0.328 e. The van der Waals surface area contributed by atoms with E-state index in [1.165, 1.54) is 19.3 Å². The summed E-state index contributed by atoms with van der Waals surface area (Å²) in [6.07, 6.45) is 8.30. The normalized spacial score (nSPS) is 14.3. The number of hydrogen-bond acceptors (Lipinski definition) is 2.